The Morgan fingerprint density at radius 2 is 2.08 bits per heavy atom. The van der Waals surface area contributed by atoms with Gasteiger partial charge in [0.25, 0.3) is 0 Å². The van der Waals surface area contributed by atoms with E-state index in [1.165, 1.54) is 0 Å². The van der Waals surface area contributed by atoms with Crippen molar-refractivity contribution in [3.05, 3.63) is 16.3 Å². The van der Waals surface area contributed by atoms with Gasteiger partial charge in [0.2, 0.25) is 0 Å². The van der Waals surface area contributed by atoms with Gasteiger partial charge in [-0.15, -0.1) is 0 Å². The van der Waals surface area contributed by atoms with Gasteiger partial charge < -0.3 is 10.2 Å². The third-order valence-corrected chi connectivity index (χ3v) is 2.17. The van der Waals surface area contributed by atoms with Crippen molar-refractivity contribution in [1.29, 1.82) is 0 Å². The summed E-state index contributed by atoms with van der Waals surface area (Å²) in [5.74, 6) is 0.473. The van der Waals surface area contributed by atoms with E-state index in [1.54, 1.807) is 0 Å². The summed E-state index contributed by atoms with van der Waals surface area (Å²) in [6, 6.07) is 1.87. The molecule has 0 spiro atoms. The van der Waals surface area contributed by atoms with Crippen molar-refractivity contribution in [1.82, 2.24) is 0 Å². The Morgan fingerprint density at radius 1 is 1.50 bits per heavy atom. The van der Waals surface area contributed by atoms with Gasteiger partial charge in [-0.1, -0.05) is 20.8 Å². The quantitative estimate of drug-likeness (QED) is 0.807. The summed E-state index contributed by atoms with van der Waals surface area (Å²) < 4.78 is 5.91. The zero-order valence-corrected chi connectivity index (χ0v) is 9.23. The van der Waals surface area contributed by atoms with Crippen molar-refractivity contribution in [3.8, 4) is 0 Å². The summed E-state index contributed by atoms with van der Waals surface area (Å²) in [5, 5.41) is 0. The largest absolute Gasteiger partial charge is 0.434 e. The molecule has 2 N–H and O–H groups in total. The summed E-state index contributed by atoms with van der Waals surface area (Å²) in [4.78, 5) is 0. The minimum Gasteiger partial charge on any atom is -0.434 e. The number of nitrogen functional groups attached to an aromatic ring is 1. The fraction of sp³-hybridized carbons (Fsp3) is 0.556. The first kappa shape index (κ1) is 9.65. The predicted octanol–water partition coefficient (Wildman–Crippen LogP) is 3.21. The van der Waals surface area contributed by atoms with Gasteiger partial charge in [-0.2, -0.15) is 0 Å². The number of hydrogen-bond donors (Lipinski definition) is 1. The fourth-order valence-corrected chi connectivity index (χ4v) is 1.56. The first-order valence-electron chi connectivity index (χ1n) is 3.92. The van der Waals surface area contributed by atoms with Gasteiger partial charge in [0.15, 0.2) is 10.6 Å². The van der Waals surface area contributed by atoms with Crippen LogP contribution < -0.4 is 5.73 Å². The molecule has 0 radical (unpaired) electrons. The van der Waals surface area contributed by atoms with Crippen LogP contribution in [0.5, 0.6) is 0 Å². The lowest BCUT2D eigenvalue weighted by Crippen LogP contribution is -2.08. The van der Waals surface area contributed by atoms with Gasteiger partial charge in [0.05, 0.1) is 0 Å². The molecule has 1 heterocycles. The second kappa shape index (κ2) is 3.13. The highest BCUT2D eigenvalue weighted by atomic mass is 79.9. The number of anilines is 1. The normalized spacial score (nSPS) is 12.0. The Bertz CT molecular complexity index is 273. The Hall–Kier alpha value is -0.440. The molecule has 0 fully saturated rings. The molecular formula is C9H14BrNO. The van der Waals surface area contributed by atoms with Gasteiger partial charge in [-0.05, 0) is 27.8 Å². The van der Waals surface area contributed by atoms with Gasteiger partial charge in [0.1, 0.15) is 0 Å². The average Bonchev–Trinajstić information content (AvgIpc) is 2.06. The van der Waals surface area contributed by atoms with E-state index in [2.05, 4.69) is 36.7 Å². The molecule has 0 atom stereocenters. The Morgan fingerprint density at radius 3 is 2.42 bits per heavy atom. The second-order valence-electron chi connectivity index (χ2n) is 4.19. The summed E-state index contributed by atoms with van der Waals surface area (Å²) in [6.45, 7) is 6.55. The monoisotopic (exact) mass is 231 g/mol. The molecule has 2 nitrogen and oxygen atoms in total. The van der Waals surface area contributed by atoms with E-state index in [4.69, 9.17) is 10.2 Å². The van der Waals surface area contributed by atoms with Crippen LogP contribution in [-0.4, -0.2) is 0 Å². The smallest absolute Gasteiger partial charge is 0.192 e. The van der Waals surface area contributed by atoms with Gasteiger partial charge >= 0.3 is 0 Å². The van der Waals surface area contributed by atoms with E-state index < -0.39 is 0 Å². The zero-order valence-electron chi connectivity index (χ0n) is 7.65. The first-order chi connectivity index (χ1) is 5.38. The summed E-state index contributed by atoms with van der Waals surface area (Å²) in [7, 11) is 0. The number of halogens is 1. The first-order valence-corrected chi connectivity index (χ1v) is 4.71. The van der Waals surface area contributed by atoms with Crippen molar-refractivity contribution in [2.75, 3.05) is 5.73 Å². The minimum atomic E-state index is 0.263. The third kappa shape index (κ3) is 2.55. The highest BCUT2D eigenvalue weighted by molar-refractivity contribution is 9.10. The SMILES string of the molecule is CC(C)(C)Cc1cc(N)oc1Br. The van der Waals surface area contributed by atoms with E-state index in [0.717, 1.165) is 16.7 Å². The van der Waals surface area contributed by atoms with Crippen LogP contribution in [0.15, 0.2) is 15.2 Å². The van der Waals surface area contributed by atoms with E-state index in [1.807, 2.05) is 6.07 Å². The van der Waals surface area contributed by atoms with Gasteiger partial charge in [-0.25, -0.2) is 0 Å². The molecule has 1 aromatic heterocycles. The molecule has 0 saturated carbocycles. The van der Waals surface area contributed by atoms with Crippen molar-refractivity contribution in [2.24, 2.45) is 5.41 Å². The van der Waals surface area contributed by atoms with Crippen LogP contribution in [0.3, 0.4) is 0 Å². The van der Waals surface area contributed by atoms with Crippen LogP contribution in [0.1, 0.15) is 26.3 Å². The van der Waals surface area contributed by atoms with E-state index in [-0.39, 0.29) is 5.41 Å². The van der Waals surface area contributed by atoms with Crippen LogP contribution in [0.2, 0.25) is 0 Å². The lowest BCUT2D eigenvalue weighted by Gasteiger charge is -2.16. The van der Waals surface area contributed by atoms with Gasteiger partial charge in [-0.3, -0.25) is 0 Å². The molecule has 0 aromatic carbocycles. The number of furan rings is 1. The molecule has 1 aromatic rings. The van der Waals surface area contributed by atoms with E-state index in [0.29, 0.717) is 5.88 Å². The molecule has 1 rings (SSSR count). The lowest BCUT2D eigenvalue weighted by molar-refractivity contribution is 0.406. The molecule has 0 amide bonds. The van der Waals surface area contributed by atoms with Crippen molar-refractivity contribution >= 4 is 21.8 Å². The molecule has 0 aliphatic heterocycles. The zero-order chi connectivity index (χ0) is 9.35. The Kier molecular flexibility index (Phi) is 2.52. The molecule has 3 heteroatoms. The molecule has 12 heavy (non-hydrogen) atoms. The summed E-state index contributed by atoms with van der Waals surface area (Å²) in [5.41, 5.74) is 6.90. The lowest BCUT2D eigenvalue weighted by atomic mass is 9.89. The Labute approximate surface area is 81.3 Å². The van der Waals surface area contributed by atoms with Crippen LogP contribution >= 0.6 is 15.9 Å². The van der Waals surface area contributed by atoms with Crippen molar-refractivity contribution in [3.63, 3.8) is 0 Å². The molecule has 0 saturated heterocycles. The highest BCUT2D eigenvalue weighted by Gasteiger charge is 2.15. The van der Waals surface area contributed by atoms with Crippen molar-refractivity contribution in [2.45, 2.75) is 27.2 Å². The third-order valence-electron chi connectivity index (χ3n) is 1.50. The number of hydrogen-bond acceptors (Lipinski definition) is 2. The van der Waals surface area contributed by atoms with Crippen LogP contribution in [0.4, 0.5) is 5.88 Å². The topological polar surface area (TPSA) is 39.2 Å². The molecule has 0 aliphatic carbocycles. The predicted molar refractivity (Wildman–Crippen MR) is 54.0 cm³/mol. The number of rotatable bonds is 1. The van der Waals surface area contributed by atoms with Crippen molar-refractivity contribution < 1.29 is 4.42 Å². The highest BCUT2D eigenvalue weighted by Crippen LogP contribution is 2.29. The number of nitrogens with two attached hydrogens (primary N) is 1. The van der Waals surface area contributed by atoms with Crippen LogP contribution in [-0.2, 0) is 6.42 Å². The second-order valence-corrected chi connectivity index (χ2v) is 4.91. The Balaban J connectivity index is 2.82. The maximum Gasteiger partial charge on any atom is 0.192 e. The van der Waals surface area contributed by atoms with Crippen LogP contribution in [0.25, 0.3) is 0 Å². The molecule has 0 bridgehead atoms. The van der Waals surface area contributed by atoms with E-state index >= 15 is 0 Å². The van der Waals surface area contributed by atoms with E-state index in [9.17, 15) is 0 Å². The molecule has 68 valence electrons. The van der Waals surface area contributed by atoms with Crippen LogP contribution in [0, 0.1) is 5.41 Å². The standard InChI is InChI=1S/C9H14BrNO/c1-9(2,3)5-6-4-7(11)12-8(6)10/h4H,5,11H2,1-3H3. The van der Waals surface area contributed by atoms with Gasteiger partial charge in [0, 0.05) is 11.6 Å². The average molecular weight is 232 g/mol. The summed E-state index contributed by atoms with van der Waals surface area (Å²) >= 11 is 3.32. The maximum atomic E-state index is 5.50. The fourth-order valence-electron chi connectivity index (χ4n) is 1.12. The molecular weight excluding hydrogens is 218 g/mol. The molecule has 0 aliphatic rings. The summed E-state index contributed by atoms with van der Waals surface area (Å²) in [6.07, 6.45) is 0.967. The maximum absolute atomic E-state index is 5.50. The molecule has 0 unspecified atom stereocenters. The minimum absolute atomic E-state index is 0.263.